The summed E-state index contributed by atoms with van der Waals surface area (Å²) in [5, 5.41) is 8.61. The minimum atomic E-state index is -4.57. The Kier molecular flexibility index (Phi) is 8.25. The number of amides is 2. The first kappa shape index (κ1) is 30.2. The molecule has 0 spiro atoms. The van der Waals surface area contributed by atoms with E-state index in [1.54, 1.807) is 37.3 Å². The number of nitrogens with zero attached hydrogens (tertiary/aromatic N) is 4. The number of likely N-dealkylation sites (tertiary alicyclic amines) is 1. The molecule has 2 fully saturated rings. The van der Waals surface area contributed by atoms with Crippen LogP contribution in [0.1, 0.15) is 62.3 Å². The van der Waals surface area contributed by atoms with Crippen LogP contribution in [-0.2, 0) is 31.9 Å². The van der Waals surface area contributed by atoms with Crippen molar-refractivity contribution in [1.29, 1.82) is 0 Å². The minimum absolute atomic E-state index is 0.0274. The molecule has 4 rings (SSSR count). The van der Waals surface area contributed by atoms with Crippen molar-refractivity contribution in [1.82, 2.24) is 19.7 Å². The van der Waals surface area contributed by atoms with E-state index in [0.717, 1.165) is 15.8 Å². The maximum atomic E-state index is 13.1. The van der Waals surface area contributed by atoms with Gasteiger partial charge in [-0.2, -0.15) is 30.0 Å². The zero-order chi connectivity index (χ0) is 29.6. The predicted octanol–water partition coefficient (Wildman–Crippen LogP) is 4.32. The molecule has 2 atom stereocenters. The molecule has 1 saturated heterocycles. The second-order valence-corrected chi connectivity index (χ2v) is 13.4. The molecule has 40 heavy (non-hydrogen) atoms. The number of thioether (sulfide) groups is 1. The second kappa shape index (κ2) is 10.9. The van der Waals surface area contributed by atoms with E-state index in [4.69, 9.17) is 0 Å². The van der Waals surface area contributed by atoms with Crippen LogP contribution in [-0.4, -0.2) is 67.1 Å². The highest BCUT2D eigenvalue weighted by atomic mass is 32.2. The van der Waals surface area contributed by atoms with Crippen LogP contribution in [0, 0.1) is 18.3 Å². The summed E-state index contributed by atoms with van der Waals surface area (Å²) in [6.07, 6.45) is -1.22. The Bertz CT molecular complexity index is 1330. The molecule has 2 aromatic rings. The Morgan fingerprint density at radius 3 is 2.40 bits per heavy atom. The monoisotopic (exact) mass is 599 g/mol. The Morgan fingerprint density at radius 2 is 1.82 bits per heavy atom. The summed E-state index contributed by atoms with van der Waals surface area (Å²) in [4.78, 5) is 58.1. The summed E-state index contributed by atoms with van der Waals surface area (Å²) >= 11 is 2.69. The van der Waals surface area contributed by atoms with Crippen molar-refractivity contribution in [2.24, 2.45) is 11.3 Å². The summed E-state index contributed by atoms with van der Waals surface area (Å²) in [5.74, 6) is -2.88. The number of carbonyl (C=O) groups excluding carboxylic acids is 4. The van der Waals surface area contributed by atoms with E-state index in [9.17, 15) is 32.3 Å². The average Bonchev–Trinajstić information content (AvgIpc) is 3.49. The number of halogens is 3. The van der Waals surface area contributed by atoms with Crippen LogP contribution in [0.5, 0.6) is 0 Å². The van der Waals surface area contributed by atoms with Gasteiger partial charge in [0, 0.05) is 35.5 Å². The van der Waals surface area contributed by atoms with Crippen molar-refractivity contribution in [3.05, 3.63) is 27.8 Å². The first-order chi connectivity index (χ1) is 18.6. The quantitative estimate of drug-likeness (QED) is 0.492. The van der Waals surface area contributed by atoms with Crippen LogP contribution in [0.3, 0.4) is 0 Å². The fourth-order valence-electron chi connectivity index (χ4n) is 5.39. The molecule has 1 aliphatic heterocycles. The van der Waals surface area contributed by atoms with Gasteiger partial charge in [-0.15, -0.1) is 11.3 Å². The SMILES string of the molecule is CSC1(C)CC(C)(C)C(=O)C(C(=O)Nc2csc(C3CCN(C(=O)Cn4nc(C(F)(F)F)cc4C)CC3)n2)C1=O. The lowest BCUT2D eigenvalue weighted by molar-refractivity contribution is -0.148. The molecule has 1 aliphatic carbocycles. The third kappa shape index (κ3) is 5.97. The minimum Gasteiger partial charge on any atom is -0.341 e. The molecular weight excluding hydrogens is 567 g/mol. The van der Waals surface area contributed by atoms with Gasteiger partial charge in [0.1, 0.15) is 12.4 Å². The smallest absolute Gasteiger partial charge is 0.341 e. The molecule has 2 unspecified atom stereocenters. The number of carbonyl (C=O) groups is 4. The number of piperidine rings is 1. The van der Waals surface area contributed by atoms with Crippen LogP contribution in [0.25, 0.3) is 0 Å². The number of thiazole rings is 1. The number of aromatic nitrogens is 3. The van der Waals surface area contributed by atoms with Gasteiger partial charge < -0.3 is 10.2 Å². The summed E-state index contributed by atoms with van der Waals surface area (Å²) in [7, 11) is 0. The van der Waals surface area contributed by atoms with Gasteiger partial charge in [0.15, 0.2) is 23.2 Å². The van der Waals surface area contributed by atoms with E-state index < -0.39 is 45.4 Å². The average molecular weight is 600 g/mol. The normalized spacial score (nSPS) is 23.9. The number of Topliss-reactive ketones (excluding diaryl/α,β-unsaturated/α-hetero) is 2. The van der Waals surface area contributed by atoms with Crippen LogP contribution >= 0.6 is 23.1 Å². The maximum absolute atomic E-state index is 13.1. The van der Waals surface area contributed by atoms with Gasteiger partial charge in [0.2, 0.25) is 11.8 Å². The lowest BCUT2D eigenvalue weighted by Crippen LogP contribution is -2.56. The fraction of sp³-hybridized carbons (Fsp3) is 0.615. The number of ketones is 2. The highest BCUT2D eigenvalue weighted by Crippen LogP contribution is 2.45. The van der Waals surface area contributed by atoms with Crippen molar-refractivity contribution in [2.45, 2.75) is 70.3 Å². The molecule has 1 N–H and O–H groups in total. The number of rotatable bonds is 6. The van der Waals surface area contributed by atoms with E-state index in [0.29, 0.717) is 32.4 Å². The molecule has 2 aliphatic rings. The topological polar surface area (TPSA) is 114 Å². The number of aryl methyl sites for hydroxylation is 1. The molecule has 2 aromatic heterocycles. The standard InChI is InChI=1S/C26H32F3N5O4S2/c1-14-10-16(26(27,28)29)32-34(14)11-18(35)33-8-6-15(7-9-33)23-31-17(12-40-23)30-22(38)19-20(36)24(2,3)13-25(4,39-5)21(19)37/h10,12,15,19H,6-9,11,13H2,1-5H3,(H,30,38). The highest BCUT2D eigenvalue weighted by Gasteiger charge is 2.55. The van der Waals surface area contributed by atoms with E-state index in [2.05, 4.69) is 15.4 Å². The third-order valence-corrected chi connectivity index (χ3v) is 9.99. The van der Waals surface area contributed by atoms with E-state index in [1.165, 1.54) is 30.0 Å². The number of hydrogen-bond donors (Lipinski definition) is 1. The fourth-order valence-corrected chi connectivity index (χ4v) is 7.13. The van der Waals surface area contributed by atoms with Gasteiger partial charge in [-0.1, -0.05) is 13.8 Å². The first-order valence-electron chi connectivity index (χ1n) is 12.9. The molecule has 0 aromatic carbocycles. The van der Waals surface area contributed by atoms with Crippen LogP contribution < -0.4 is 5.32 Å². The summed E-state index contributed by atoms with van der Waals surface area (Å²) < 4.78 is 39.0. The second-order valence-electron chi connectivity index (χ2n) is 11.2. The Hall–Kier alpha value is -2.74. The molecule has 3 heterocycles. The molecular formula is C26H32F3N5O4S2. The van der Waals surface area contributed by atoms with Gasteiger partial charge in [0.05, 0.1) is 9.75 Å². The van der Waals surface area contributed by atoms with Crippen LogP contribution in [0.15, 0.2) is 11.4 Å². The van der Waals surface area contributed by atoms with E-state index in [-0.39, 0.29) is 29.9 Å². The van der Waals surface area contributed by atoms with Gasteiger partial charge >= 0.3 is 6.18 Å². The highest BCUT2D eigenvalue weighted by molar-refractivity contribution is 8.00. The molecule has 1 saturated carbocycles. The zero-order valence-electron chi connectivity index (χ0n) is 22.9. The van der Waals surface area contributed by atoms with E-state index in [1.807, 2.05) is 0 Å². The van der Waals surface area contributed by atoms with Crippen LogP contribution in [0.4, 0.5) is 19.0 Å². The number of hydrogen-bond acceptors (Lipinski definition) is 8. The van der Waals surface area contributed by atoms with Gasteiger partial charge in [-0.25, -0.2) is 4.98 Å². The molecule has 0 radical (unpaired) electrons. The number of alkyl halides is 3. The van der Waals surface area contributed by atoms with Crippen molar-refractivity contribution in [3.8, 4) is 0 Å². The Morgan fingerprint density at radius 1 is 1.18 bits per heavy atom. The molecule has 14 heteroatoms. The molecule has 218 valence electrons. The van der Waals surface area contributed by atoms with Crippen molar-refractivity contribution in [3.63, 3.8) is 0 Å². The van der Waals surface area contributed by atoms with Crippen LogP contribution in [0.2, 0.25) is 0 Å². The van der Waals surface area contributed by atoms with Gasteiger partial charge in [0.25, 0.3) is 0 Å². The number of anilines is 1. The molecule has 9 nitrogen and oxygen atoms in total. The van der Waals surface area contributed by atoms with Crippen molar-refractivity contribution < 1.29 is 32.3 Å². The van der Waals surface area contributed by atoms with Gasteiger partial charge in [-0.3, -0.25) is 23.9 Å². The van der Waals surface area contributed by atoms with E-state index >= 15 is 0 Å². The Balaban J connectivity index is 1.35. The largest absolute Gasteiger partial charge is 0.435 e. The first-order valence-corrected chi connectivity index (χ1v) is 15.0. The third-order valence-electron chi connectivity index (χ3n) is 7.73. The van der Waals surface area contributed by atoms with Crippen molar-refractivity contribution in [2.75, 3.05) is 24.7 Å². The zero-order valence-corrected chi connectivity index (χ0v) is 24.6. The molecule has 2 amide bonds. The lowest BCUT2D eigenvalue weighted by atomic mass is 9.65. The Labute approximate surface area is 238 Å². The van der Waals surface area contributed by atoms with Crippen molar-refractivity contribution >= 4 is 52.3 Å². The lowest BCUT2D eigenvalue weighted by Gasteiger charge is -2.42. The summed E-state index contributed by atoms with van der Waals surface area (Å²) in [6, 6.07) is 0.917. The maximum Gasteiger partial charge on any atom is 0.435 e. The molecule has 0 bridgehead atoms. The van der Waals surface area contributed by atoms with Gasteiger partial charge in [-0.05, 0) is 45.4 Å². The summed E-state index contributed by atoms with van der Waals surface area (Å²) in [6.45, 7) is 7.29. The number of nitrogens with one attached hydrogen (secondary N) is 1. The summed E-state index contributed by atoms with van der Waals surface area (Å²) in [5.41, 5.74) is -1.59. The predicted molar refractivity (Wildman–Crippen MR) is 145 cm³/mol.